The fourth-order valence-electron chi connectivity index (χ4n) is 6.09. The van der Waals surface area contributed by atoms with Gasteiger partial charge in [0, 0.05) is 42.8 Å². The van der Waals surface area contributed by atoms with Crippen molar-refractivity contribution in [2.24, 2.45) is 0 Å². The second kappa shape index (κ2) is 11.3. The molecule has 2 heteroatoms. The Kier molecular flexibility index (Phi) is 6.75. The third kappa shape index (κ3) is 4.86. The van der Waals surface area contributed by atoms with Crippen molar-refractivity contribution in [2.75, 3.05) is 4.90 Å². The number of thiophene rings is 1. The van der Waals surface area contributed by atoms with Crippen molar-refractivity contribution < 1.29 is 0 Å². The molecule has 0 saturated heterocycles. The van der Waals surface area contributed by atoms with Gasteiger partial charge in [0.15, 0.2) is 0 Å². The van der Waals surface area contributed by atoms with E-state index in [1.165, 1.54) is 53.6 Å². The highest BCUT2D eigenvalue weighted by Gasteiger charge is 2.16. The van der Waals surface area contributed by atoms with Gasteiger partial charge in [0.2, 0.25) is 0 Å². The minimum Gasteiger partial charge on any atom is -0.311 e. The first-order chi connectivity index (χ1) is 21.8. The number of para-hydroxylation sites is 1. The Balaban J connectivity index is 1.23. The summed E-state index contributed by atoms with van der Waals surface area (Å²) in [6, 6.07) is 63.2. The Morgan fingerprint density at radius 2 is 0.818 bits per heavy atom. The summed E-state index contributed by atoms with van der Waals surface area (Å²) in [6.07, 6.45) is 0. The van der Waals surface area contributed by atoms with Crippen LogP contribution < -0.4 is 4.90 Å². The number of hydrogen-bond acceptors (Lipinski definition) is 2. The smallest absolute Gasteiger partial charge is 0.0462 e. The van der Waals surface area contributed by atoms with E-state index in [0.717, 1.165) is 17.1 Å². The molecule has 0 atom stereocenters. The van der Waals surface area contributed by atoms with Gasteiger partial charge in [0.1, 0.15) is 0 Å². The summed E-state index contributed by atoms with van der Waals surface area (Å²) in [5, 5.41) is 2.63. The van der Waals surface area contributed by atoms with Crippen molar-refractivity contribution in [3.63, 3.8) is 0 Å². The number of fused-ring (bicyclic) bond motifs is 3. The van der Waals surface area contributed by atoms with E-state index in [4.69, 9.17) is 0 Å². The normalized spacial score (nSPS) is 11.2. The molecule has 0 aliphatic heterocycles. The van der Waals surface area contributed by atoms with Gasteiger partial charge in [0.05, 0.1) is 0 Å². The number of anilines is 3. The van der Waals surface area contributed by atoms with Crippen molar-refractivity contribution in [1.29, 1.82) is 0 Å². The van der Waals surface area contributed by atoms with E-state index >= 15 is 0 Å². The largest absolute Gasteiger partial charge is 0.311 e. The zero-order valence-corrected chi connectivity index (χ0v) is 24.9. The van der Waals surface area contributed by atoms with Crippen LogP contribution in [-0.4, -0.2) is 0 Å². The van der Waals surface area contributed by atoms with Crippen LogP contribution in [0, 0.1) is 0 Å². The molecule has 8 aromatic rings. The lowest BCUT2D eigenvalue weighted by atomic mass is 9.96. The molecule has 0 amide bonds. The summed E-state index contributed by atoms with van der Waals surface area (Å²) in [5.74, 6) is 0. The molecular weight excluding hydrogens is 551 g/mol. The average Bonchev–Trinajstić information content (AvgIpc) is 3.49. The van der Waals surface area contributed by atoms with E-state index in [1.54, 1.807) is 0 Å². The summed E-state index contributed by atoms with van der Waals surface area (Å²) in [7, 11) is 0. The predicted octanol–water partition coefficient (Wildman–Crippen LogP) is 12.5. The maximum absolute atomic E-state index is 2.36. The SMILES string of the molecule is c1ccc(-c2ccc(N(c3ccccc3)c3ccc(-c4cc(-c5ccccc5)cc5c4sc4ccccc45)cc3)cc2)cc1. The van der Waals surface area contributed by atoms with E-state index in [-0.39, 0.29) is 0 Å². The average molecular weight is 580 g/mol. The van der Waals surface area contributed by atoms with E-state index in [2.05, 4.69) is 181 Å². The summed E-state index contributed by atoms with van der Waals surface area (Å²) in [6.45, 7) is 0. The second-order valence-electron chi connectivity index (χ2n) is 11.0. The number of nitrogens with zero attached hydrogens (tertiary/aromatic N) is 1. The molecule has 0 fully saturated rings. The third-order valence-electron chi connectivity index (χ3n) is 8.27. The molecule has 0 radical (unpaired) electrons. The molecule has 44 heavy (non-hydrogen) atoms. The molecule has 7 aromatic carbocycles. The van der Waals surface area contributed by atoms with Crippen molar-refractivity contribution in [2.45, 2.75) is 0 Å². The Morgan fingerprint density at radius 3 is 1.45 bits per heavy atom. The molecule has 0 aliphatic carbocycles. The van der Waals surface area contributed by atoms with E-state index in [9.17, 15) is 0 Å². The van der Waals surface area contributed by atoms with Gasteiger partial charge in [0.25, 0.3) is 0 Å². The maximum atomic E-state index is 2.36. The molecule has 1 nitrogen and oxygen atoms in total. The van der Waals surface area contributed by atoms with E-state index in [1.807, 2.05) is 11.3 Å². The Labute approximate surface area is 261 Å². The molecular formula is C42H29NS. The first-order valence-electron chi connectivity index (χ1n) is 14.9. The molecule has 0 unspecified atom stereocenters. The van der Waals surface area contributed by atoms with Gasteiger partial charge >= 0.3 is 0 Å². The lowest BCUT2D eigenvalue weighted by Gasteiger charge is -2.26. The molecule has 8 rings (SSSR count). The highest BCUT2D eigenvalue weighted by molar-refractivity contribution is 7.26. The highest BCUT2D eigenvalue weighted by atomic mass is 32.1. The Hall–Kier alpha value is -5.44. The lowest BCUT2D eigenvalue weighted by molar-refractivity contribution is 1.28. The van der Waals surface area contributed by atoms with Crippen LogP contribution in [0.2, 0.25) is 0 Å². The van der Waals surface area contributed by atoms with Crippen molar-refractivity contribution in [3.8, 4) is 33.4 Å². The minimum absolute atomic E-state index is 1.12. The summed E-state index contributed by atoms with van der Waals surface area (Å²) >= 11 is 1.88. The van der Waals surface area contributed by atoms with Gasteiger partial charge < -0.3 is 4.90 Å². The van der Waals surface area contributed by atoms with Crippen LogP contribution in [0.1, 0.15) is 0 Å². The zero-order chi connectivity index (χ0) is 29.3. The Morgan fingerprint density at radius 1 is 0.341 bits per heavy atom. The number of hydrogen-bond donors (Lipinski definition) is 0. The molecule has 0 aliphatic rings. The van der Waals surface area contributed by atoms with Crippen molar-refractivity contribution in [1.82, 2.24) is 0 Å². The predicted molar refractivity (Wildman–Crippen MR) is 190 cm³/mol. The summed E-state index contributed by atoms with van der Waals surface area (Å²) in [5.41, 5.74) is 10.8. The molecule has 1 heterocycles. The highest BCUT2D eigenvalue weighted by Crippen LogP contribution is 2.44. The van der Waals surface area contributed by atoms with Crippen LogP contribution in [0.15, 0.2) is 176 Å². The lowest BCUT2D eigenvalue weighted by Crippen LogP contribution is -2.09. The van der Waals surface area contributed by atoms with Crippen molar-refractivity contribution in [3.05, 3.63) is 176 Å². The number of benzene rings is 7. The van der Waals surface area contributed by atoms with Gasteiger partial charge in [-0.25, -0.2) is 0 Å². The molecule has 0 spiro atoms. The molecule has 0 saturated carbocycles. The van der Waals surface area contributed by atoms with Crippen LogP contribution in [0.4, 0.5) is 17.1 Å². The maximum Gasteiger partial charge on any atom is 0.0462 e. The van der Waals surface area contributed by atoms with Gasteiger partial charge in [-0.15, -0.1) is 11.3 Å². The first kappa shape index (κ1) is 26.2. The molecule has 0 N–H and O–H groups in total. The Bertz CT molecular complexity index is 2180. The third-order valence-corrected chi connectivity index (χ3v) is 9.49. The fraction of sp³-hybridized carbons (Fsp3) is 0. The summed E-state index contributed by atoms with van der Waals surface area (Å²) < 4.78 is 2.65. The quantitative estimate of drug-likeness (QED) is 0.189. The second-order valence-corrected chi connectivity index (χ2v) is 12.0. The zero-order valence-electron chi connectivity index (χ0n) is 24.1. The van der Waals surface area contributed by atoms with E-state index in [0.29, 0.717) is 0 Å². The topological polar surface area (TPSA) is 3.24 Å². The van der Waals surface area contributed by atoms with Crippen LogP contribution in [-0.2, 0) is 0 Å². The molecule has 0 bridgehead atoms. The van der Waals surface area contributed by atoms with Gasteiger partial charge in [-0.2, -0.15) is 0 Å². The standard InChI is InChI=1S/C42H29NS/c1-4-12-30(13-5-1)32-20-24-36(25-21-32)43(35-16-8-3-9-17-35)37-26-22-33(23-27-37)39-28-34(31-14-6-2-7-15-31)29-40-38-18-10-11-19-41(38)44-42(39)40/h1-29H. The van der Waals surface area contributed by atoms with Gasteiger partial charge in [-0.3, -0.25) is 0 Å². The van der Waals surface area contributed by atoms with Crippen LogP contribution >= 0.6 is 11.3 Å². The van der Waals surface area contributed by atoms with Crippen LogP contribution in [0.25, 0.3) is 53.6 Å². The molecule has 208 valence electrons. The van der Waals surface area contributed by atoms with Gasteiger partial charge in [-0.05, 0) is 82.4 Å². The van der Waals surface area contributed by atoms with Gasteiger partial charge in [-0.1, -0.05) is 121 Å². The van der Waals surface area contributed by atoms with Crippen molar-refractivity contribution >= 4 is 48.6 Å². The van der Waals surface area contributed by atoms with E-state index < -0.39 is 0 Å². The minimum atomic E-state index is 1.12. The first-order valence-corrected chi connectivity index (χ1v) is 15.8. The fourth-order valence-corrected chi connectivity index (χ4v) is 7.31. The van der Waals surface area contributed by atoms with Crippen LogP contribution in [0.3, 0.4) is 0 Å². The molecule has 1 aromatic heterocycles. The van der Waals surface area contributed by atoms with Crippen LogP contribution in [0.5, 0.6) is 0 Å². The summed E-state index contributed by atoms with van der Waals surface area (Å²) in [4.78, 5) is 2.33. The number of rotatable bonds is 6. The monoisotopic (exact) mass is 579 g/mol.